The molecule has 0 N–H and O–H groups in total. The standard InChI is InChI=1S/C20H21NOS/c1-13-11-17-19(14-7-9-21(2)10-8-14)16-6-4-3-5-15(16)12-18(22)20(17)23-13/h3-6,11H,7-10,12H2,1-2H3/i2D3,3D,4D,5D,6D,11D,12D2. The van der Waals surface area contributed by atoms with Crippen LogP contribution in [0.3, 0.4) is 0 Å². The molecule has 2 aromatic rings. The number of rotatable bonds is 0. The van der Waals surface area contributed by atoms with Crippen LogP contribution in [0.25, 0.3) is 5.57 Å². The van der Waals surface area contributed by atoms with Crippen LogP contribution in [0.1, 0.15) is 57.8 Å². The average Bonchev–Trinajstić information content (AvgIpc) is 3.00. The molecule has 2 aliphatic rings. The molecule has 0 amide bonds. The third-order valence-corrected chi connectivity index (χ3v) is 5.14. The van der Waals surface area contributed by atoms with Gasteiger partial charge in [0.1, 0.15) is 0 Å². The molecule has 1 fully saturated rings. The molecular weight excluding hydrogens is 302 g/mol. The fourth-order valence-electron chi connectivity index (χ4n) is 3.07. The van der Waals surface area contributed by atoms with Gasteiger partial charge < -0.3 is 4.90 Å². The third kappa shape index (κ3) is 2.58. The van der Waals surface area contributed by atoms with Crippen LogP contribution >= 0.6 is 11.3 Å². The monoisotopic (exact) mass is 333 g/mol. The van der Waals surface area contributed by atoms with Crippen molar-refractivity contribution in [3.63, 3.8) is 0 Å². The van der Waals surface area contributed by atoms with E-state index in [9.17, 15) is 4.79 Å². The first-order chi connectivity index (χ1) is 15.2. The Morgan fingerprint density at radius 2 is 2.04 bits per heavy atom. The number of likely N-dealkylation sites (tertiary alicyclic amines) is 1. The minimum Gasteiger partial charge on any atom is -0.306 e. The summed E-state index contributed by atoms with van der Waals surface area (Å²) in [5, 5.41) is 0. The molecule has 1 saturated heterocycles. The van der Waals surface area contributed by atoms with Crippen molar-refractivity contribution >= 4 is 22.7 Å². The Hall–Kier alpha value is -1.71. The largest absolute Gasteiger partial charge is 0.306 e. The molecule has 0 unspecified atom stereocenters. The lowest BCUT2D eigenvalue weighted by atomic mass is 9.87. The molecule has 118 valence electrons. The molecule has 0 bridgehead atoms. The van der Waals surface area contributed by atoms with Gasteiger partial charge in [-0.2, -0.15) is 0 Å². The van der Waals surface area contributed by atoms with Gasteiger partial charge in [-0.05, 0) is 49.5 Å². The summed E-state index contributed by atoms with van der Waals surface area (Å²) in [5.74, 6) is -0.939. The van der Waals surface area contributed by atoms with E-state index < -0.39 is 48.9 Å². The van der Waals surface area contributed by atoms with Crippen LogP contribution in [0, 0.1) is 6.92 Å². The van der Waals surface area contributed by atoms with Crippen molar-refractivity contribution in [2.45, 2.75) is 26.1 Å². The number of aryl methyl sites for hydroxylation is 1. The molecule has 23 heavy (non-hydrogen) atoms. The van der Waals surface area contributed by atoms with Crippen molar-refractivity contribution < 1.29 is 18.5 Å². The lowest BCUT2D eigenvalue weighted by Crippen LogP contribution is -2.27. The second-order valence-corrected chi connectivity index (χ2v) is 6.88. The maximum Gasteiger partial charge on any atom is 0.177 e. The first kappa shape index (κ1) is 7.45. The van der Waals surface area contributed by atoms with Crippen LogP contribution in [0.15, 0.2) is 35.8 Å². The first-order valence-corrected chi connectivity index (χ1v) is 8.24. The van der Waals surface area contributed by atoms with Crippen molar-refractivity contribution in [2.24, 2.45) is 0 Å². The summed E-state index contributed by atoms with van der Waals surface area (Å²) >= 11 is 0.976. The summed E-state index contributed by atoms with van der Waals surface area (Å²) in [6.07, 6.45) is -2.23. The average molecular weight is 334 g/mol. The van der Waals surface area contributed by atoms with Gasteiger partial charge >= 0.3 is 0 Å². The molecule has 1 aromatic heterocycles. The SMILES string of the molecule is [2H]c1c([2H])c([2H])c2c(c1[2H])C(=C1CCN(C([2H])([2H])[2H])CC1)c1c(sc(C)c1[2H])C(=O)C2([2H])[2H]. The van der Waals surface area contributed by atoms with E-state index >= 15 is 0 Å². The van der Waals surface area contributed by atoms with E-state index in [0.29, 0.717) is 10.5 Å². The maximum absolute atomic E-state index is 13.4. The summed E-state index contributed by atoms with van der Waals surface area (Å²) in [6, 6.07) is -2.27. The van der Waals surface area contributed by atoms with Gasteiger partial charge in [-0.15, -0.1) is 11.3 Å². The van der Waals surface area contributed by atoms with Gasteiger partial charge in [0, 0.05) is 36.8 Å². The highest BCUT2D eigenvalue weighted by Gasteiger charge is 2.28. The number of fused-ring (bicyclic) bond motifs is 2. The van der Waals surface area contributed by atoms with Gasteiger partial charge in [-0.3, -0.25) is 4.79 Å². The minimum atomic E-state index is -2.73. The Labute approximate surface area is 155 Å². The van der Waals surface area contributed by atoms with Gasteiger partial charge in [0.15, 0.2) is 5.78 Å². The Bertz CT molecular complexity index is 1220. The molecule has 0 radical (unpaired) electrons. The van der Waals surface area contributed by atoms with E-state index in [0.717, 1.165) is 11.3 Å². The Morgan fingerprint density at radius 1 is 1.26 bits per heavy atom. The molecule has 2 nitrogen and oxygen atoms in total. The number of hydrogen-bond acceptors (Lipinski definition) is 3. The van der Waals surface area contributed by atoms with E-state index in [1.54, 1.807) is 6.92 Å². The minimum absolute atomic E-state index is 0.0105. The first-order valence-electron chi connectivity index (χ1n) is 12.4. The number of carbonyl (C=O) groups excluding carboxylic acids is 1. The third-order valence-electron chi connectivity index (χ3n) is 4.14. The van der Waals surface area contributed by atoms with Crippen molar-refractivity contribution in [3.8, 4) is 0 Å². The summed E-state index contributed by atoms with van der Waals surface area (Å²) in [5.41, 5.74) is 0.551. The highest BCUT2D eigenvalue weighted by molar-refractivity contribution is 7.14. The topological polar surface area (TPSA) is 20.3 Å². The van der Waals surface area contributed by atoms with E-state index in [4.69, 9.17) is 13.7 Å². The summed E-state index contributed by atoms with van der Waals surface area (Å²) < 4.78 is 82.0. The number of hydrogen-bond donors (Lipinski definition) is 0. The predicted octanol–water partition coefficient (Wildman–Crippen LogP) is 4.32. The zero-order valence-corrected chi connectivity index (χ0v) is 13.4. The fraction of sp³-hybridized carbons (Fsp3) is 0.350. The molecule has 3 heteroatoms. The predicted molar refractivity (Wildman–Crippen MR) is 96.3 cm³/mol. The number of Topliss-reactive ketones (excluding diaryl/α,β-unsaturated/α-hetero) is 1. The van der Waals surface area contributed by atoms with Gasteiger partial charge in [0.25, 0.3) is 0 Å². The van der Waals surface area contributed by atoms with Crippen molar-refractivity contribution in [1.82, 2.24) is 4.90 Å². The Balaban J connectivity index is 2.12. The Morgan fingerprint density at radius 3 is 2.83 bits per heavy atom. The maximum atomic E-state index is 13.4. The number of ketones is 1. The molecule has 0 spiro atoms. The van der Waals surface area contributed by atoms with Gasteiger partial charge in [0.2, 0.25) is 0 Å². The molecule has 2 heterocycles. The van der Waals surface area contributed by atoms with Crippen molar-refractivity contribution in [1.29, 1.82) is 0 Å². The zero-order chi connectivity index (χ0) is 24.6. The molecule has 1 aromatic carbocycles. The summed E-state index contributed by atoms with van der Waals surface area (Å²) in [4.78, 5) is 15.2. The summed E-state index contributed by atoms with van der Waals surface area (Å²) in [6.45, 7) is -0.296. The van der Waals surface area contributed by atoms with E-state index in [2.05, 4.69) is 0 Å². The summed E-state index contributed by atoms with van der Waals surface area (Å²) in [7, 11) is 0. The lowest BCUT2D eigenvalue weighted by Gasteiger charge is -2.27. The number of benzene rings is 1. The molecule has 1 aliphatic carbocycles. The lowest BCUT2D eigenvalue weighted by molar-refractivity contribution is 0.0997. The fourth-order valence-corrected chi connectivity index (χ4v) is 3.93. The van der Waals surface area contributed by atoms with Gasteiger partial charge in [0.05, 0.1) is 11.7 Å². The quantitative estimate of drug-likeness (QED) is 0.715. The van der Waals surface area contributed by atoms with Crippen LogP contribution in [-0.2, 0) is 6.37 Å². The normalized spacial score (nSPS) is 27.6. The highest BCUT2D eigenvalue weighted by Crippen LogP contribution is 2.41. The second-order valence-electron chi connectivity index (χ2n) is 5.66. The van der Waals surface area contributed by atoms with Crippen molar-refractivity contribution in [2.75, 3.05) is 20.1 Å². The van der Waals surface area contributed by atoms with Gasteiger partial charge in [-0.25, -0.2) is 0 Å². The van der Waals surface area contributed by atoms with Crippen LogP contribution in [-0.4, -0.2) is 30.7 Å². The number of carbonyl (C=O) groups is 1. The van der Waals surface area contributed by atoms with Crippen LogP contribution in [0.2, 0.25) is 0 Å². The van der Waals surface area contributed by atoms with Crippen LogP contribution < -0.4 is 0 Å². The second kappa shape index (κ2) is 5.73. The van der Waals surface area contributed by atoms with E-state index in [1.165, 1.54) is 4.90 Å². The smallest absolute Gasteiger partial charge is 0.177 e. The molecule has 4 rings (SSSR count). The van der Waals surface area contributed by atoms with Gasteiger partial charge in [-0.1, -0.05) is 29.7 Å². The van der Waals surface area contributed by atoms with Crippen LogP contribution in [0.5, 0.6) is 0 Å². The number of piperidine rings is 1. The van der Waals surface area contributed by atoms with E-state index in [-0.39, 0.29) is 53.6 Å². The molecule has 0 saturated carbocycles. The molecular formula is C20H21NOS. The number of thiophene rings is 1. The van der Waals surface area contributed by atoms with Crippen molar-refractivity contribution in [3.05, 3.63) is 62.2 Å². The highest BCUT2D eigenvalue weighted by atomic mass is 32.1. The zero-order valence-electron chi connectivity index (χ0n) is 22.6. The van der Waals surface area contributed by atoms with E-state index in [1.807, 2.05) is 0 Å². The van der Waals surface area contributed by atoms with Crippen LogP contribution in [0.4, 0.5) is 0 Å². The Kier molecular flexibility index (Phi) is 1.86. The molecule has 0 atom stereocenters. The number of nitrogens with zero attached hydrogens (tertiary/aromatic N) is 1. The molecule has 1 aliphatic heterocycles.